The van der Waals surface area contributed by atoms with Crippen LogP contribution in [-0.4, -0.2) is 52.9 Å². The Labute approximate surface area is 265 Å². The number of hydrogen-bond acceptors (Lipinski definition) is 8. The van der Waals surface area contributed by atoms with Crippen molar-refractivity contribution in [1.29, 1.82) is 0 Å². The van der Waals surface area contributed by atoms with E-state index in [-0.39, 0.29) is 36.9 Å². The highest BCUT2D eigenvalue weighted by Crippen LogP contribution is 2.35. The summed E-state index contributed by atoms with van der Waals surface area (Å²) >= 11 is 8.18. The summed E-state index contributed by atoms with van der Waals surface area (Å²) in [6.45, 7) is 5.04. The van der Waals surface area contributed by atoms with Crippen LogP contribution in [0.2, 0.25) is 5.02 Å². The van der Waals surface area contributed by atoms with Crippen LogP contribution >= 0.6 is 22.9 Å². The van der Waals surface area contributed by atoms with Gasteiger partial charge in [0.05, 0.1) is 12.2 Å². The SMILES string of the molecule is CC(=O)O.CC(=O)O.CC(=O)OC[C@@H]1C[C@H](OC(C)=O)C[C@H](c2ccc(Cl)c(Cc3ccc(C#Cc4ccsc4)cc3)c2)O1. The van der Waals surface area contributed by atoms with E-state index in [4.69, 9.17) is 45.6 Å². The number of carboxylic acids is 2. The maximum Gasteiger partial charge on any atom is 0.302 e. The average molecular weight is 643 g/mol. The van der Waals surface area contributed by atoms with E-state index in [1.165, 1.54) is 13.8 Å². The molecule has 4 rings (SSSR count). The highest BCUT2D eigenvalue weighted by molar-refractivity contribution is 7.08. The Morgan fingerprint density at radius 2 is 1.55 bits per heavy atom. The summed E-state index contributed by atoms with van der Waals surface area (Å²) < 4.78 is 16.9. The lowest BCUT2D eigenvalue weighted by atomic mass is 9.93. The second-order valence-corrected chi connectivity index (χ2v) is 11.0. The number of carboxylic acid groups (broad SMARTS) is 2. The first-order chi connectivity index (χ1) is 20.8. The molecule has 3 atom stereocenters. The van der Waals surface area contributed by atoms with Gasteiger partial charge < -0.3 is 24.4 Å². The van der Waals surface area contributed by atoms with Crippen LogP contribution in [0.3, 0.4) is 0 Å². The number of thiophene rings is 1. The largest absolute Gasteiger partial charge is 0.481 e. The maximum atomic E-state index is 11.6. The number of rotatable bonds is 6. The average Bonchev–Trinajstić information content (AvgIpc) is 3.45. The molecule has 2 aromatic carbocycles. The Hall–Kier alpha value is -4.17. The lowest BCUT2D eigenvalue weighted by Gasteiger charge is -2.35. The lowest BCUT2D eigenvalue weighted by Crippen LogP contribution is -2.36. The van der Waals surface area contributed by atoms with E-state index < -0.39 is 11.9 Å². The third-order valence-electron chi connectivity index (χ3n) is 5.83. The number of carbonyl (C=O) groups is 4. The van der Waals surface area contributed by atoms with Crippen molar-refractivity contribution in [3.05, 3.63) is 92.1 Å². The van der Waals surface area contributed by atoms with Gasteiger partial charge in [-0.15, -0.1) is 0 Å². The van der Waals surface area contributed by atoms with Gasteiger partial charge in [-0.1, -0.05) is 47.7 Å². The molecule has 1 aliphatic heterocycles. The standard InChI is InChI=1S/C29H27ClO5S.2C2H4O2/c1-19(31)33-17-27-15-26(34-20(2)32)16-29(35-27)24-9-10-28(30)25(14-24)13-22-6-3-21(4-7-22)5-8-23-11-12-36-18-23;2*1-2(3)4/h3-4,6-7,9-12,14,18,26-27,29H,13,15-17H2,1-2H3;2*1H3,(H,3,4)/t26-,27-,29+;;/m0../s1. The molecule has 0 spiro atoms. The number of esters is 2. The summed E-state index contributed by atoms with van der Waals surface area (Å²) in [6.07, 6.45) is 0.666. The Morgan fingerprint density at radius 1 is 0.909 bits per heavy atom. The molecule has 11 heteroatoms. The third kappa shape index (κ3) is 14.3. The molecule has 1 saturated heterocycles. The molecular formula is C33H35ClO9S. The fraction of sp³-hybridized carbons (Fsp3) is 0.333. The van der Waals surface area contributed by atoms with E-state index >= 15 is 0 Å². The van der Waals surface area contributed by atoms with E-state index in [1.807, 2.05) is 47.2 Å². The fourth-order valence-corrected chi connectivity index (χ4v) is 4.94. The predicted molar refractivity (Wildman–Crippen MR) is 167 cm³/mol. The number of halogens is 1. The molecule has 0 radical (unpaired) electrons. The Balaban J connectivity index is 0.000000754. The summed E-state index contributed by atoms with van der Waals surface area (Å²) in [5.41, 5.74) is 5.00. The van der Waals surface area contributed by atoms with Crippen LogP contribution in [0.15, 0.2) is 59.3 Å². The lowest BCUT2D eigenvalue weighted by molar-refractivity contribution is -0.169. The highest BCUT2D eigenvalue weighted by atomic mass is 35.5. The van der Waals surface area contributed by atoms with Crippen LogP contribution in [-0.2, 0) is 39.8 Å². The van der Waals surface area contributed by atoms with E-state index in [0.717, 1.165) is 41.7 Å². The Kier molecular flexibility index (Phi) is 15.1. The zero-order valence-corrected chi connectivity index (χ0v) is 26.4. The molecule has 9 nitrogen and oxygen atoms in total. The zero-order chi connectivity index (χ0) is 32.6. The summed E-state index contributed by atoms with van der Waals surface area (Å²) in [7, 11) is 0. The molecular weight excluding hydrogens is 608 g/mol. The molecule has 3 aromatic rings. The van der Waals surface area contributed by atoms with Gasteiger partial charge in [-0.05, 0) is 52.8 Å². The van der Waals surface area contributed by atoms with E-state index in [0.29, 0.717) is 24.3 Å². The van der Waals surface area contributed by atoms with Crippen LogP contribution in [0.25, 0.3) is 0 Å². The third-order valence-corrected chi connectivity index (χ3v) is 6.88. The number of ether oxygens (including phenoxy) is 3. The normalized spacial score (nSPS) is 16.8. The highest BCUT2D eigenvalue weighted by Gasteiger charge is 2.33. The summed E-state index contributed by atoms with van der Waals surface area (Å²) in [6, 6.07) is 16.0. The topological polar surface area (TPSA) is 136 Å². The van der Waals surface area contributed by atoms with Gasteiger partial charge in [-0.2, -0.15) is 11.3 Å². The molecule has 2 heterocycles. The summed E-state index contributed by atoms with van der Waals surface area (Å²) in [5, 5.41) is 19.5. The molecule has 0 aliphatic carbocycles. The molecule has 0 bridgehead atoms. The second kappa shape index (κ2) is 18.5. The molecule has 44 heavy (non-hydrogen) atoms. The first-order valence-electron chi connectivity index (χ1n) is 13.6. The van der Waals surface area contributed by atoms with Gasteiger partial charge in [-0.25, -0.2) is 0 Å². The van der Waals surface area contributed by atoms with Gasteiger partial charge in [0.25, 0.3) is 11.9 Å². The first-order valence-corrected chi connectivity index (χ1v) is 14.9. The predicted octanol–water partition coefficient (Wildman–Crippen LogP) is 6.29. The van der Waals surface area contributed by atoms with Crippen molar-refractivity contribution < 1.29 is 43.6 Å². The van der Waals surface area contributed by atoms with Crippen LogP contribution in [0.4, 0.5) is 0 Å². The van der Waals surface area contributed by atoms with Crippen molar-refractivity contribution in [2.45, 2.75) is 65.3 Å². The Bertz CT molecular complexity index is 1440. The van der Waals surface area contributed by atoms with Crippen molar-refractivity contribution in [1.82, 2.24) is 0 Å². The molecule has 1 aromatic heterocycles. The minimum absolute atomic E-state index is 0.117. The minimum atomic E-state index is -0.833. The van der Waals surface area contributed by atoms with Crippen LogP contribution in [0, 0.1) is 11.8 Å². The van der Waals surface area contributed by atoms with Gasteiger partial charge in [0.2, 0.25) is 0 Å². The van der Waals surface area contributed by atoms with Gasteiger partial charge in [0, 0.05) is 62.1 Å². The van der Waals surface area contributed by atoms with Gasteiger partial charge in [0.1, 0.15) is 12.7 Å². The monoisotopic (exact) mass is 642 g/mol. The van der Waals surface area contributed by atoms with E-state index in [2.05, 4.69) is 24.0 Å². The molecule has 1 fully saturated rings. The zero-order valence-electron chi connectivity index (χ0n) is 24.9. The number of benzene rings is 2. The van der Waals surface area contributed by atoms with Gasteiger partial charge in [0.15, 0.2) is 0 Å². The molecule has 0 amide bonds. The first kappa shape index (κ1) is 36.0. The molecule has 234 valence electrons. The van der Waals surface area contributed by atoms with Crippen molar-refractivity contribution >= 4 is 46.8 Å². The maximum absolute atomic E-state index is 11.6. The van der Waals surface area contributed by atoms with Crippen LogP contribution < -0.4 is 0 Å². The van der Waals surface area contributed by atoms with E-state index in [9.17, 15) is 9.59 Å². The van der Waals surface area contributed by atoms with Crippen molar-refractivity contribution in [3.63, 3.8) is 0 Å². The van der Waals surface area contributed by atoms with Crippen molar-refractivity contribution in [2.24, 2.45) is 0 Å². The second-order valence-electron chi connectivity index (χ2n) is 9.78. The summed E-state index contributed by atoms with van der Waals surface area (Å²) in [4.78, 5) is 40.9. The fourth-order valence-electron chi connectivity index (χ4n) is 4.17. The van der Waals surface area contributed by atoms with Crippen molar-refractivity contribution in [2.75, 3.05) is 6.61 Å². The summed E-state index contributed by atoms with van der Waals surface area (Å²) in [5.74, 6) is 3.97. The molecule has 0 unspecified atom stereocenters. The Morgan fingerprint density at radius 3 is 2.11 bits per heavy atom. The smallest absolute Gasteiger partial charge is 0.302 e. The minimum Gasteiger partial charge on any atom is -0.481 e. The van der Waals surface area contributed by atoms with Crippen molar-refractivity contribution in [3.8, 4) is 11.8 Å². The molecule has 1 aliphatic rings. The molecule has 0 saturated carbocycles. The number of hydrogen-bond donors (Lipinski definition) is 2. The number of aliphatic carboxylic acids is 2. The van der Waals surface area contributed by atoms with Crippen LogP contribution in [0.5, 0.6) is 0 Å². The quantitative estimate of drug-likeness (QED) is 0.235. The van der Waals surface area contributed by atoms with Crippen LogP contribution in [0.1, 0.15) is 74.5 Å². The van der Waals surface area contributed by atoms with Gasteiger partial charge >= 0.3 is 11.9 Å². The van der Waals surface area contributed by atoms with E-state index in [1.54, 1.807) is 11.3 Å². The molecule has 2 N–H and O–H groups in total. The number of carbonyl (C=O) groups excluding carboxylic acids is 2. The van der Waals surface area contributed by atoms with Gasteiger partial charge in [-0.3, -0.25) is 19.2 Å².